The molecule has 170 valence electrons. The van der Waals surface area contributed by atoms with Crippen LogP contribution in [0.3, 0.4) is 0 Å². The molecule has 1 aliphatic heterocycles. The van der Waals surface area contributed by atoms with E-state index in [-0.39, 0.29) is 12.2 Å². The van der Waals surface area contributed by atoms with E-state index in [0.717, 1.165) is 15.9 Å². The third kappa shape index (κ3) is 2.76. The summed E-state index contributed by atoms with van der Waals surface area (Å²) in [5.41, 5.74) is 4.82. The van der Waals surface area contributed by atoms with Crippen molar-refractivity contribution in [3.63, 3.8) is 0 Å². The van der Waals surface area contributed by atoms with Gasteiger partial charge in [-0.15, -0.1) is 0 Å². The quantitative estimate of drug-likeness (QED) is 0.267. The van der Waals surface area contributed by atoms with Crippen molar-refractivity contribution in [3.05, 3.63) is 151 Å². The van der Waals surface area contributed by atoms with Crippen molar-refractivity contribution >= 4 is 23.0 Å². The van der Waals surface area contributed by atoms with Gasteiger partial charge in [0.25, 0.3) is 0 Å². The van der Waals surface area contributed by atoms with Gasteiger partial charge in [0.05, 0.1) is 0 Å². The molecule has 2 nitrogen and oxygen atoms in total. The maximum atomic E-state index is 7.59. The third-order valence-electron chi connectivity index (χ3n) is 7.40. The van der Waals surface area contributed by atoms with Gasteiger partial charge in [-0.1, -0.05) is 0 Å². The molecule has 2 aliphatic rings. The van der Waals surface area contributed by atoms with Gasteiger partial charge in [0.2, 0.25) is 0 Å². The molecule has 0 radical (unpaired) electrons. The van der Waals surface area contributed by atoms with Crippen molar-refractivity contribution in [2.45, 2.75) is 12.2 Å². The first-order chi connectivity index (χ1) is 17.3. The first-order valence-corrected chi connectivity index (χ1v) is 14.1. The molecular formula is C32H25O2P. The zero-order chi connectivity index (χ0) is 23.3. The van der Waals surface area contributed by atoms with E-state index in [0.29, 0.717) is 0 Å². The van der Waals surface area contributed by atoms with Crippen LogP contribution in [0, 0.1) is 0 Å². The van der Waals surface area contributed by atoms with Crippen LogP contribution in [-0.2, 0) is 9.05 Å². The molecule has 5 aromatic carbocycles. The van der Waals surface area contributed by atoms with E-state index in [1.807, 2.05) is 0 Å². The molecule has 1 aliphatic carbocycles. The Kier molecular flexibility index (Phi) is 4.59. The van der Waals surface area contributed by atoms with Gasteiger partial charge in [0.15, 0.2) is 0 Å². The number of benzene rings is 5. The van der Waals surface area contributed by atoms with Crippen molar-refractivity contribution in [2.24, 2.45) is 0 Å². The van der Waals surface area contributed by atoms with Gasteiger partial charge >= 0.3 is 206 Å². The molecule has 2 unspecified atom stereocenters. The second-order valence-electron chi connectivity index (χ2n) is 9.19. The molecule has 35 heavy (non-hydrogen) atoms. The van der Waals surface area contributed by atoms with Crippen molar-refractivity contribution in [1.82, 2.24) is 0 Å². The second kappa shape index (κ2) is 7.73. The number of fused-ring (bicyclic) bond motifs is 6. The van der Waals surface area contributed by atoms with Crippen LogP contribution in [0.15, 0.2) is 140 Å². The van der Waals surface area contributed by atoms with E-state index in [9.17, 15) is 0 Å². The first kappa shape index (κ1) is 20.8. The fraction of sp³-hybridized carbons (Fsp3) is 0.0625. The molecule has 1 fully saturated rings. The summed E-state index contributed by atoms with van der Waals surface area (Å²) in [5, 5.41) is 3.25. The summed E-state index contributed by atoms with van der Waals surface area (Å²) < 4.78 is 15.2. The summed E-state index contributed by atoms with van der Waals surface area (Å²) in [6.07, 6.45) is -0.446. The normalized spacial score (nSPS) is 22.1. The van der Waals surface area contributed by atoms with E-state index >= 15 is 0 Å². The van der Waals surface area contributed by atoms with Crippen molar-refractivity contribution in [1.29, 1.82) is 0 Å². The van der Waals surface area contributed by atoms with Gasteiger partial charge in [0.1, 0.15) is 0 Å². The van der Waals surface area contributed by atoms with Crippen LogP contribution in [0.4, 0.5) is 0 Å². The summed E-state index contributed by atoms with van der Waals surface area (Å²) >= 11 is 0. The summed E-state index contributed by atoms with van der Waals surface area (Å²) in [7, 11) is -3.80. The van der Waals surface area contributed by atoms with E-state index in [1.54, 1.807) is 0 Å². The topological polar surface area (TPSA) is 18.5 Å². The second-order valence-corrected chi connectivity index (χ2v) is 13.1. The van der Waals surface area contributed by atoms with Crippen molar-refractivity contribution in [2.75, 3.05) is 0 Å². The van der Waals surface area contributed by atoms with Crippen LogP contribution in [-0.4, -0.2) is 0 Å². The fourth-order valence-corrected chi connectivity index (χ4v) is 11.0. The van der Waals surface area contributed by atoms with E-state index in [1.165, 1.54) is 22.3 Å². The number of rotatable bonds is 3. The fourth-order valence-electron chi connectivity index (χ4n) is 5.90. The predicted octanol–water partition coefficient (Wildman–Crippen LogP) is 6.86. The van der Waals surface area contributed by atoms with E-state index in [2.05, 4.69) is 140 Å². The molecule has 0 bridgehead atoms. The minimum absolute atomic E-state index is 0.223. The van der Waals surface area contributed by atoms with Crippen molar-refractivity contribution in [3.8, 4) is 11.1 Å². The van der Waals surface area contributed by atoms with E-state index < -0.39 is 7.06 Å². The molecular weight excluding hydrogens is 447 g/mol. The Morgan fingerprint density at radius 2 is 0.686 bits per heavy atom. The Bertz CT molecular complexity index is 1360. The Labute approximate surface area is 205 Å². The molecule has 0 saturated carbocycles. The summed E-state index contributed by atoms with van der Waals surface area (Å²) in [6, 6.07) is 49.0. The minimum atomic E-state index is -3.80. The zero-order valence-corrected chi connectivity index (χ0v) is 20.1. The van der Waals surface area contributed by atoms with Gasteiger partial charge in [-0.2, -0.15) is 0 Å². The molecule has 3 heteroatoms. The summed E-state index contributed by atoms with van der Waals surface area (Å²) in [4.78, 5) is 0. The van der Waals surface area contributed by atoms with Crippen molar-refractivity contribution < 1.29 is 9.05 Å². The average molecular weight is 473 g/mol. The Morgan fingerprint density at radius 1 is 0.371 bits per heavy atom. The van der Waals surface area contributed by atoms with Crippen LogP contribution in [0.25, 0.3) is 11.1 Å². The predicted molar refractivity (Wildman–Crippen MR) is 145 cm³/mol. The molecule has 1 saturated heterocycles. The van der Waals surface area contributed by atoms with Gasteiger partial charge in [-0.3, -0.25) is 0 Å². The van der Waals surface area contributed by atoms with Crippen LogP contribution < -0.4 is 15.9 Å². The van der Waals surface area contributed by atoms with Gasteiger partial charge in [-0.05, 0) is 0 Å². The SMILES string of the molecule is c1ccc(P2(c3ccccc3)(c3ccccc3)OC3c4ccccc4-c4ccccc4C3O2)cc1. The Hall–Kier alpha value is -3.55. The van der Waals surface area contributed by atoms with Gasteiger partial charge < -0.3 is 0 Å². The van der Waals surface area contributed by atoms with Crippen LogP contribution in [0.1, 0.15) is 23.3 Å². The van der Waals surface area contributed by atoms with E-state index in [4.69, 9.17) is 9.05 Å². The molecule has 7 rings (SSSR count). The van der Waals surface area contributed by atoms with Crippen LogP contribution in [0.5, 0.6) is 0 Å². The summed E-state index contributed by atoms with van der Waals surface area (Å²) in [5.74, 6) is 0. The first-order valence-electron chi connectivity index (χ1n) is 12.1. The molecule has 1 heterocycles. The average Bonchev–Trinajstić information content (AvgIpc) is 3.35. The number of hydrogen-bond donors (Lipinski definition) is 0. The standard InChI is InChI=1S/C32H25O2P/c1-4-14-24(15-5-1)35(25-16-6-2-7-17-25,26-18-8-3-9-19-26)33-31-29-22-12-10-20-27(29)28-21-11-13-23-30(28)32(31)34-35/h1-23,31-32H. The third-order valence-corrected chi connectivity index (χ3v) is 12.4. The molecule has 0 amide bonds. The maximum absolute atomic E-state index is 7.59. The molecule has 2 atom stereocenters. The number of hydrogen-bond acceptors (Lipinski definition) is 2. The summed E-state index contributed by atoms with van der Waals surface area (Å²) in [6.45, 7) is 0. The van der Waals surface area contributed by atoms with Gasteiger partial charge in [-0.25, -0.2) is 0 Å². The Morgan fingerprint density at radius 3 is 1.06 bits per heavy atom. The monoisotopic (exact) mass is 472 g/mol. The zero-order valence-electron chi connectivity index (χ0n) is 19.2. The Balaban J connectivity index is 1.61. The van der Waals surface area contributed by atoms with Crippen LogP contribution >= 0.6 is 7.06 Å². The molecule has 5 aromatic rings. The van der Waals surface area contributed by atoms with Gasteiger partial charge in [0, 0.05) is 0 Å². The van der Waals surface area contributed by atoms with Crippen LogP contribution in [0.2, 0.25) is 0 Å². The molecule has 0 N–H and O–H groups in total. The molecule has 0 aromatic heterocycles. The molecule has 0 spiro atoms.